The minimum absolute atomic E-state index is 0. The van der Waals surface area contributed by atoms with E-state index >= 15 is 0 Å². The van der Waals surface area contributed by atoms with E-state index in [1.54, 1.807) is 0 Å². The Morgan fingerprint density at radius 3 is 2.50 bits per heavy atom. The molecule has 6 heteroatoms. The number of nitrogens with zero attached hydrogens (tertiary/aromatic N) is 2. The molecule has 0 amide bonds. The van der Waals surface area contributed by atoms with Gasteiger partial charge in [0.15, 0.2) is 5.96 Å². The van der Waals surface area contributed by atoms with Gasteiger partial charge in [-0.25, -0.2) is 0 Å². The van der Waals surface area contributed by atoms with Crippen molar-refractivity contribution in [1.82, 2.24) is 15.5 Å². The van der Waals surface area contributed by atoms with Gasteiger partial charge in [0, 0.05) is 51.5 Å². The van der Waals surface area contributed by atoms with E-state index < -0.39 is 0 Å². The second-order valence-electron chi connectivity index (χ2n) is 7.36. The fourth-order valence-electron chi connectivity index (χ4n) is 2.79. The van der Waals surface area contributed by atoms with Gasteiger partial charge in [-0.15, -0.1) is 24.0 Å². The predicted octanol–water partition coefficient (Wildman–Crippen LogP) is 2.95. The van der Waals surface area contributed by atoms with Crippen LogP contribution >= 0.6 is 24.0 Å². The van der Waals surface area contributed by atoms with Gasteiger partial charge in [0.25, 0.3) is 0 Å². The van der Waals surface area contributed by atoms with Crippen molar-refractivity contribution in [2.75, 3.05) is 39.4 Å². The SMILES string of the molecule is CCNC(=NCCCOCC(C)C)NC1CN(C(C)C)CC1C.I. The van der Waals surface area contributed by atoms with Crippen LogP contribution in [0.5, 0.6) is 0 Å². The van der Waals surface area contributed by atoms with Crippen molar-refractivity contribution in [2.45, 2.75) is 60.0 Å². The molecule has 0 aromatic carbocycles. The number of guanidine groups is 1. The highest BCUT2D eigenvalue weighted by molar-refractivity contribution is 14.0. The molecule has 1 fully saturated rings. The molecule has 1 heterocycles. The zero-order valence-electron chi connectivity index (χ0n) is 16.5. The summed E-state index contributed by atoms with van der Waals surface area (Å²) in [5.74, 6) is 2.19. The normalized spacial score (nSPS) is 22.1. The van der Waals surface area contributed by atoms with Gasteiger partial charge in [-0.1, -0.05) is 20.8 Å². The maximum Gasteiger partial charge on any atom is 0.191 e. The molecule has 0 aromatic heterocycles. The molecule has 0 aromatic rings. The molecule has 1 saturated heterocycles. The topological polar surface area (TPSA) is 48.9 Å². The lowest BCUT2D eigenvalue weighted by molar-refractivity contribution is 0.109. The number of ether oxygens (including phenoxy) is 1. The highest BCUT2D eigenvalue weighted by atomic mass is 127. The summed E-state index contributed by atoms with van der Waals surface area (Å²) in [5, 5.41) is 6.98. The van der Waals surface area contributed by atoms with E-state index in [0.717, 1.165) is 51.8 Å². The maximum absolute atomic E-state index is 5.61. The van der Waals surface area contributed by atoms with Gasteiger partial charge in [-0.05, 0) is 39.0 Å². The van der Waals surface area contributed by atoms with Crippen molar-refractivity contribution in [3.05, 3.63) is 0 Å². The summed E-state index contributed by atoms with van der Waals surface area (Å²) < 4.78 is 5.61. The van der Waals surface area contributed by atoms with Gasteiger partial charge in [0.2, 0.25) is 0 Å². The molecular formula is C18H39IN4O. The Morgan fingerprint density at radius 1 is 1.25 bits per heavy atom. The predicted molar refractivity (Wildman–Crippen MR) is 114 cm³/mol. The Labute approximate surface area is 166 Å². The molecule has 0 saturated carbocycles. The standard InChI is InChI=1S/C18H38N4O.HI/c1-7-19-18(20-9-8-10-23-13-14(2)3)21-17-12-22(15(4)5)11-16(17)6;/h14-17H,7-13H2,1-6H3,(H2,19,20,21);1H. The van der Waals surface area contributed by atoms with E-state index in [0.29, 0.717) is 23.9 Å². The zero-order chi connectivity index (χ0) is 17.2. The quantitative estimate of drug-likeness (QED) is 0.244. The molecule has 1 rings (SSSR count). The Kier molecular flexibility index (Phi) is 13.1. The Morgan fingerprint density at radius 2 is 1.96 bits per heavy atom. The molecule has 1 aliphatic rings. The smallest absolute Gasteiger partial charge is 0.191 e. The maximum atomic E-state index is 5.61. The van der Waals surface area contributed by atoms with E-state index in [1.807, 2.05) is 0 Å². The van der Waals surface area contributed by atoms with Gasteiger partial charge < -0.3 is 15.4 Å². The summed E-state index contributed by atoms with van der Waals surface area (Å²) in [6.45, 7) is 18.9. The summed E-state index contributed by atoms with van der Waals surface area (Å²) >= 11 is 0. The molecule has 2 atom stereocenters. The van der Waals surface area contributed by atoms with Crippen LogP contribution in [0, 0.1) is 11.8 Å². The van der Waals surface area contributed by atoms with Crippen LogP contribution < -0.4 is 10.6 Å². The summed E-state index contributed by atoms with van der Waals surface area (Å²) in [6.07, 6.45) is 0.974. The fourth-order valence-corrected chi connectivity index (χ4v) is 2.79. The van der Waals surface area contributed by atoms with Gasteiger partial charge in [-0.2, -0.15) is 0 Å². The monoisotopic (exact) mass is 454 g/mol. The van der Waals surface area contributed by atoms with E-state index in [4.69, 9.17) is 9.73 Å². The van der Waals surface area contributed by atoms with Crippen molar-refractivity contribution in [2.24, 2.45) is 16.8 Å². The van der Waals surface area contributed by atoms with Crippen molar-refractivity contribution >= 4 is 29.9 Å². The van der Waals surface area contributed by atoms with Crippen LogP contribution in [0.25, 0.3) is 0 Å². The number of hydrogen-bond acceptors (Lipinski definition) is 3. The lowest BCUT2D eigenvalue weighted by atomic mass is 10.1. The van der Waals surface area contributed by atoms with E-state index in [2.05, 4.69) is 57.1 Å². The average molecular weight is 454 g/mol. The summed E-state index contributed by atoms with van der Waals surface area (Å²) in [4.78, 5) is 7.23. The first-order valence-electron chi connectivity index (χ1n) is 9.30. The summed E-state index contributed by atoms with van der Waals surface area (Å²) in [5.41, 5.74) is 0. The molecule has 24 heavy (non-hydrogen) atoms. The molecule has 5 nitrogen and oxygen atoms in total. The number of aliphatic imine (C=N–C) groups is 1. The van der Waals surface area contributed by atoms with Crippen LogP contribution in [0.3, 0.4) is 0 Å². The highest BCUT2D eigenvalue weighted by Crippen LogP contribution is 2.18. The number of rotatable bonds is 9. The van der Waals surface area contributed by atoms with E-state index in [9.17, 15) is 0 Å². The molecule has 2 unspecified atom stereocenters. The number of hydrogen-bond donors (Lipinski definition) is 2. The van der Waals surface area contributed by atoms with Crippen LogP contribution in [-0.4, -0.2) is 62.3 Å². The van der Waals surface area contributed by atoms with Gasteiger partial charge in [0.05, 0.1) is 0 Å². The fraction of sp³-hybridized carbons (Fsp3) is 0.944. The average Bonchev–Trinajstić information content (AvgIpc) is 2.84. The molecule has 144 valence electrons. The highest BCUT2D eigenvalue weighted by Gasteiger charge is 2.31. The van der Waals surface area contributed by atoms with Crippen LogP contribution in [0.1, 0.15) is 48.0 Å². The summed E-state index contributed by atoms with van der Waals surface area (Å²) in [6, 6.07) is 1.09. The minimum Gasteiger partial charge on any atom is -0.381 e. The van der Waals surface area contributed by atoms with Crippen LogP contribution in [0.15, 0.2) is 4.99 Å². The molecule has 0 radical (unpaired) electrons. The lowest BCUT2D eigenvalue weighted by Gasteiger charge is -2.22. The van der Waals surface area contributed by atoms with Gasteiger partial charge in [0.1, 0.15) is 0 Å². The van der Waals surface area contributed by atoms with Gasteiger partial charge >= 0.3 is 0 Å². The van der Waals surface area contributed by atoms with Crippen LogP contribution in [0.4, 0.5) is 0 Å². The van der Waals surface area contributed by atoms with Crippen LogP contribution in [-0.2, 0) is 4.74 Å². The second-order valence-corrected chi connectivity index (χ2v) is 7.36. The first kappa shape index (κ1) is 23.9. The Bertz CT molecular complexity index is 350. The van der Waals surface area contributed by atoms with Crippen molar-refractivity contribution in [1.29, 1.82) is 0 Å². The molecule has 0 aliphatic carbocycles. The lowest BCUT2D eigenvalue weighted by Crippen LogP contribution is -2.46. The number of halogens is 1. The zero-order valence-corrected chi connectivity index (χ0v) is 18.8. The third-order valence-electron chi connectivity index (χ3n) is 4.21. The number of likely N-dealkylation sites (tertiary alicyclic amines) is 1. The van der Waals surface area contributed by atoms with Crippen molar-refractivity contribution < 1.29 is 4.74 Å². The Hall–Kier alpha value is -0.0800. The molecular weight excluding hydrogens is 415 g/mol. The second kappa shape index (κ2) is 13.2. The third-order valence-corrected chi connectivity index (χ3v) is 4.21. The van der Waals surface area contributed by atoms with Gasteiger partial charge in [-0.3, -0.25) is 9.89 Å². The van der Waals surface area contributed by atoms with E-state index in [1.165, 1.54) is 0 Å². The van der Waals surface area contributed by atoms with E-state index in [-0.39, 0.29) is 24.0 Å². The minimum atomic E-state index is 0. The number of nitrogens with one attached hydrogen (secondary N) is 2. The molecule has 0 bridgehead atoms. The largest absolute Gasteiger partial charge is 0.381 e. The van der Waals surface area contributed by atoms with Crippen molar-refractivity contribution in [3.63, 3.8) is 0 Å². The summed E-state index contributed by atoms with van der Waals surface area (Å²) in [7, 11) is 0. The third kappa shape index (κ3) is 9.42. The Balaban J connectivity index is 0.00000529. The molecule has 0 spiro atoms. The molecule has 2 N–H and O–H groups in total. The first-order valence-corrected chi connectivity index (χ1v) is 9.30. The molecule has 1 aliphatic heterocycles. The van der Waals surface area contributed by atoms with Crippen LogP contribution in [0.2, 0.25) is 0 Å². The first-order chi connectivity index (χ1) is 10.9. The van der Waals surface area contributed by atoms with Crippen molar-refractivity contribution in [3.8, 4) is 0 Å².